The Labute approximate surface area is 181 Å². The molecule has 1 atom stereocenters. The molecule has 1 N–H and O–H groups in total. The number of carbonyl (C=O) groups excluding carboxylic acids is 2. The number of ketones is 1. The van der Waals surface area contributed by atoms with Crippen molar-refractivity contribution in [1.82, 2.24) is 5.32 Å². The molecule has 30 heavy (non-hydrogen) atoms. The Morgan fingerprint density at radius 3 is 2.63 bits per heavy atom. The van der Waals surface area contributed by atoms with E-state index in [-0.39, 0.29) is 23.1 Å². The van der Waals surface area contributed by atoms with Crippen molar-refractivity contribution in [2.24, 2.45) is 5.41 Å². The van der Waals surface area contributed by atoms with Crippen molar-refractivity contribution in [2.45, 2.75) is 46.5 Å². The van der Waals surface area contributed by atoms with Crippen LogP contribution in [0.5, 0.6) is 0 Å². The standard InChI is InChI=1S/C25H27NO3S/c1-5-29-24(28)21-15(2)26-18-12-25(3,4)13-19(27)22(18)23(21)20-11-17(14-30-20)16-9-7-6-8-10-16/h6-11,14,23,26H,5,12-13H2,1-4H3. The first-order valence-corrected chi connectivity index (χ1v) is 11.2. The molecule has 1 aromatic heterocycles. The van der Waals surface area contributed by atoms with Gasteiger partial charge >= 0.3 is 5.97 Å². The third-order valence-electron chi connectivity index (χ3n) is 5.75. The molecule has 4 rings (SSSR count). The number of nitrogens with one attached hydrogen (secondary N) is 1. The molecule has 1 aliphatic carbocycles. The quantitative estimate of drug-likeness (QED) is 0.655. The fraction of sp³-hybridized carbons (Fsp3) is 0.360. The predicted octanol–water partition coefficient (Wildman–Crippen LogP) is 5.58. The number of Topliss-reactive ketones (excluding diaryl/α,β-unsaturated/α-hetero) is 1. The summed E-state index contributed by atoms with van der Waals surface area (Å²) in [5, 5.41) is 5.47. The zero-order chi connectivity index (χ0) is 21.5. The Bertz CT molecular complexity index is 1060. The van der Waals surface area contributed by atoms with Crippen LogP contribution in [-0.4, -0.2) is 18.4 Å². The van der Waals surface area contributed by atoms with Gasteiger partial charge in [-0.05, 0) is 48.3 Å². The molecule has 0 fully saturated rings. The molecule has 0 amide bonds. The van der Waals surface area contributed by atoms with Gasteiger partial charge in [0.15, 0.2) is 5.78 Å². The summed E-state index contributed by atoms with van der Waals surface area (Å²) < 4.78 is 5.38. The second-order valence-electron chi connectivity index (χ2n) is 8.75. The molecule has 1 aliphatic heterocycles. The van der Waals surface area contributed by atoms with Crippen molar-refractivity contribution < 1.29 is 14.3 Å². The van der Waals surface area contributed by atoms with Crippen molar-refractivity contribution in [3.8, 4) is 11.1 Å². The number of ether oxygens (including phenoxy) is 1. The van der Waals surface area contributed by atoms with Crippen LogP contribution in [0.2, 0.25) is 0 Å². The zero-order valence-electron chi connectivity index (χ0n) is 17.9. The van der Waals surface area contributed by atoms with E-state index < -0.39 is 0 Å². The molecule has 1 aromatic carbocycles. The zero-order valence-corrected chi connectivity index (χ0v) is 18.7. The van der Waals surface area contributed by atoms with Crippen LogP contribution in [0.25, 0.3) is 11.1 Å². The lowest BCUT2D eigenvalue weighted by atomic mass is 9.70. The molecule has 2 heterocycles. The average Bonchev–Trinajstić information content (AvgIpc) is 3.16. The lowest BCUT2D eigenvalue weighted by Crippen LogP contribution is -2.38. The van der Waals surface area contributed by atoms with Gasteiger partial charge in [0.2, 0.25) is 0 Å². The Morgan fingerprint density at radius 2 is 1.93 bits per heavy atom. The second kappa shape index (κ2) is 7.88. The first-order chi connectivity index (χ1) is 14.3. The molecule has 0 saturated carbocycles. The number of rotatable bonds is 4. The number of thiophene rings is 1. The van der Waals surface area contributed by atoms with Crippen molar-refractivity contribution in [1.29, 1.82) is 0 Å². The lowest BCUT2D eigenvalue weighted by Gasteiger charge is -2.39. The Balaban J connectivity index is 1.84. The summed E-state index contributed by atoms with van der Waals surface area (Å²) in [4.78, 5) is 27.2. The van der Waals surface area contributed by atoms with E-state index in [2.05, 4.69) is 42.7 Å². The van der Waals surface area contributed by atoms with E-state index in [0.717, 1.165) is 39.4 Å². The van der Waals surface area contributed by atoms with Gasteiger partial charge in [-0.15, -0.1) is 11.3 Å². The number of hydrogen-bond acceptors (Lipinski definition) is 5. The minimum atomic E-state index is -0.383. The summed E-state index contributed by atoms with van der Waals surface area (Å²) in [5.41, 5.74) is 5.12. The van der Waals surface area contributed by atoms with Crippen molar-refractivity contribution in [2.75, 3.05) is 6.61 Å². The lowest BCUT2D eigenvalue weighted by molar-refractivity contribution is -0.138. The molecule has 0 spiro atoms. The largest absolute Gasteiger partial charge is 0.463 e. The highest BCUT2D eigenvalue weighted by Gasteiger charge is 2.43. The van der Waals surface area contributed by atoms with Gasteiger partial charge in [0, 0.05) is 28.3 Å². The summed E-state index contributed by atoms with van der Waals surface area (Å²) in [6.45, 7) is 8.24. The summed E-state index contributed by atoms with van der Waals surface area (Å²) in [5.74, 6) is -0.625. The summed E-state index contributed by atoms with van der Waals surface area (Å²) >= 11 is 1.59. The van der Waals surface area contributed by atoms with Crippen LogP contribution in [0.15, 0.2) is 64.3 Å². The Kier molecular flexibility index (Phi) is 5.41. The summed E-state index contributed by atoms with van der Waals surface area (Å²) in [6.07, 6.45) is 1.27. The molecule has 0 bridgehead atoms. The summed E-state index contributed by atoms with van der Waals surface area (Å²) in [7, 11) is 0. The van der Waals surface area contributed by atoms with E-state index in [4.69, 9.17) is 4.74 Å². The number of hydrogen-bond donors (Lipinski definition) is 1. The molecule has 0 radical (unpaired) electrons. The minimum absolute atomic E-state index is 0.0974. The number of benzene rings is 1. The Hall–Kier alpha value is -2.66. The van der Waals surface area contributed by atoms with Gasteiger partial charge in [-0.1, -0.05) is 44.2 Å². The molecular formula is C25H27NO3S. The maximum atomic E-state index is 13.3. The fourth-order valence-corrected chi connectivity index (χ4v) is 5.52. The molecule has 2 aromatic rings. The smallest absolute Gasteiger partial charge is 0.336 e. The monoisotopic (exact) mass is 421 g/mol. The normalized spacial score (nSPS) is 20.7. The topological polar surface area (TPSA) is 55.4 Å². The predicted molar refractivity (Wildman–Crippen MR) is 120 cm³/mol. The molecule has 0 saturated heterocycles. The van der Waals surface area contributed by atoms with Gasteiger partial charge in [0.25, 0.3) is 0 Å². The fourth-order valence-electron chi connectivity index (χ4n) is 4.49. The maximum absolute atomic E-state index is 13.3. The summed E-state index contributed by atoms with van der Waals surface area (Å²) in [6, 6.07) is 12.3. The third kappa shape index (κ3) is 3.74. The van der Waals surface area contributed by atoms with Gasteiger partial charge in [-0.25, -0.2) is 4.79 Å². The van der Waals surface area contributed by atoms with Crippen LogP contribution < -0.4 is 5.32 Å². The number of carbonyl (C=O) groups is 2. The van der Waals surface area contributed by atoms with Crippen LogP contribution in [-0.2, 0) is 14.3 Å². The second-order valence-corrected chi connectivity index (χ2v) is 9.70. The van der Waals surface area contributed by atoms with E-state index in [1.54, 1.807) is 18.3 Å². The first kappa shape index (κ1) is 20.6. The minimum Gasteiger partial charge on any atom is -0.463 e. The van der Waals surface area contributed by atoms with Crippen molar-refractivity contribution in [3.63, 3.8) is 0 Å². The molecule has 4 nitrogen and oxygen atoms in total. The number of esters is 1. The van der Waals surface area contributed by atoms with E-state index in [1.807, 2.05) is 25.1 Å². The van der Waals surface area contributed by atoms with Crippen LogP contribution >= 0.6 is 11.3 Å². The van der Waals surface area contributed by atoms with Crippen LogP contribution in [0.1, 0.15) is 51.3 Å². The third-order valence-corrected chi connectivity index (χ3v) is 6.74. The van der Waals surface area contributed by atoms with Gasteiger partial charge < -0.3 is 10.1 Å². The van der Waals surface area contributed by atoms with Crippen LogP contribution in [0, 0.1) is 5.41 Å². The molecule has 156 valence electrons. The van der Waals surface area contributed by atoms with Gasteiger partial charge in [-0.2, -0.15) is 0 Å². The number of allylic oxidation sites excluding steroid dienone is 3. The SMILES string of the molecule is CCOC(=O)C1=C(C)NC2=C(C(=O)CC(C)(C)C2)C1c1cc(-c2ccccc2)cs1. The van der Waals surface area contributed by atoms with Crippen LogP contribution in [0.3, 0.4) is 0 Å². The first-order valence-electron chi connectivity index (χ1n) is 10.4. The van der Waals surface area contributed by atoms with E-state index in [0.29, 0.717) is 18.6 Å². The maximum Gasteiger partial charge on any atom is 0.336 e. The highest BCUT2D eigenvalue weighted by atomic mass is 32.1. The van der Waals surface area contributed by atoms with E-state index >= 15 is 0 Å². The Morgan fingerprint density at radius 1 is 1.20 bits per heavy atom. The highest BCUT2D eigenvalue weighted by Crippen LogP contribution is 2.48. The average molecular weight is 422 g/mol. The van der Waals surface area contributed by atoms with Crippen molar-refractivity contribution in [3.05, 3.63) is 69.2 Å². The van der Waals surface area contributed by atoms with Gasteiger partial charge in [-0.3, -0.25) is 4.79 Å². The van der Waals surface area contributed by atoms with Gasteiger partial charge in [0.05, 0.1) is 18.1 Å². The molecular weight excluding hydrogens is 394 g/mol. The molecule has 1 unspecified atom stereocenters. The number of dihydropyridines is 1. The van der Waals surface area contributed by atoms with E-state index in [9.17, 15) is 9.59 Å². The van der Waals surface area contributed by atoms with E-state index in [1.165, 1.54) is 0 Å². The molecule has 2 aliphatic rings. The highest BCUT2D eigenvalue weighted by molar-refractivity contribution is 7.10. The van der Waals surface area contributed by atoms with Gasteiger partial charge in [0.1, 0.15) is 0 Å². The van der Waals surface area contributed by atoms with Crippen LogP contribution in [0.4, 0.5) is 0 Å². The molecule has 5 heteroatoms. The van der Waals surface area contributed by atoms with Crippen molar-refractivity contribution >= 4 is 23.1 Å².